The van der Waals surface area contributed by atoms with E-state index in [-0.39, 0.29) is 22.5 Å². The summed E-state index contributed by atoms with van der Waals surface area (Å²) in [6.45, 7) is 14.5. The van der Waals surface area contributed by atoms with Gasteiger partial charge in [0.05, 0.1) is 24.3 Å². The Balaban J connectivity index is 1.45. The first-order valence-electron chi connectivity index (χ1n) is 12.5. The molecule has 0 amide bonds. The molecule has 5 aromatic rings. The van der Waals surface area contributed by atoms with Gasteiger partial charge in [-0.3, -0.25) is 4.85 Å². The molecule has 0 fully saturated rings. The summed E-state index contributed by atoms with van der Waals surface area (Å²) in [5.41, 5.74) is 0.966. The van der Waals surface area contributed by atoms with Crippen LogP contribution in [0.15, 0.2) is 115 Å². The van der Waals surface area contributed by atoms with E-state index in [1.807, 2.05) is 42.5 Å². The largest absolute Gasteiger partial charge is 0.459 e. The molecule has 0 saturated heterocycles. The third-order valence-corrected chi connectivity index (χ3v) is 9.49. The van der Waals surface area contributed by atoms with E-state index < -0.39 is 7.14 Å². The zero-order valence-electron chi connectivity index (χ0n) is 21.9. The van der Waals surface area contributed by atoms with Crippen molar-refractivity contribution in [2.24, 2.45) is 0 Å². The zero-order chi connectivity index (χ0) is 29.5. The second-order valence-electron chi connectivity index (χ2n) is 8.94. The number of rotatable bonds is 7. The molecule has 42 heavy (non-hydrogen) atoms. The molecule has 0 bridgehead atoms. The summed E-state index contributed by atoms with van der Waals surface area (Å²) in [4.78, 5) is 6.73. The number of benzene rings is 5. The van der Waals surface area contributed by atoms with Gasteiger partial charge in [-0.2, -0.15) is 10.5 Å². The summed E-state index contributed by atoms with van der Waals surface area (Å²) in [6, 6.07) is 36.5. The Morgan fingerprint density at radius 1 is 0.548 bits per heavy atom. The lowest BCUT2D eigenvalue weighted by Crippen LogP contribution is -2.24. The summed E-state index contributed by atoms with van der Waals surface area (Å²) in [5.74, 6) is 1.81. The highest BCUT2D eigenvalue weighted by atomic mass is 31.2. The smallest absolute Gasteiger partial charge is 0.198 e. The fourth-order valence-electron chi connectivity index (χ4n) is 4.33. The normalized spacial score (nSPS) is 11.5. The van der Waals surface area contributed by atoms with Crippen molar-refractivity contribution in [3.8, 4) is 35.1 Å². The lowest BCUT2D eigenvalue weighted by molar-refractivity contribution is 0.482. The fourth-order valence-corrected chi connectivity index (χ4v) is 6.96. The molecule has 7 nitrogen and oxygen atoms in total. The van der Waals surface area contributed by atoms with E-state index in [1.165, 1.54) is 18.2 Å². The van der Waals surface area contributed by atoms with Crippen LogP contribution in [0.2, 0.25) is 0 Å². The lowest BCUT2D eigenvalue weighted by Gasteiger charge is -2.20. The molecule has 198 valence electrons. The number of nitriles is 2. The van der Waals surface area contributed by atoms with Crippen molar-refractivity contribution in [2.75, 3.05) is 0 Å². The number of hydrogen-bond acceptors (Lipinski definition) is 5. The van der Waals surface area contributed by atoms with Crippen LogP contribution >= 0.6 is 7.14 Å². The second kappa shape index (κ2) is 12.0. The van der Waals surface area contributed by atoms with Gasteiger partial charge in [0, 0.05) is 15.9 Å². The molecule has 8 heteroatoms. The van der Waals surface area contributed by atoms with Gasteiger partial charge in [-0.15, -0.1) is 0 Å². The maximum absolute atomic E-state index is 14.9. The van der Waals surface area contributed by atoms with Crippen molar-refractivity contribution in [1.82, 2.24) is 0 Å². The minimum atomic E-state index is -3.29. The minimum Gasteiger partial charge on any atom is -0.459 e. The molecule has 0 radical (unpaired) electrons. The fraction of sp³-hybridized carbons (Fsp3) is 0. The topological polar surface area (TPSA) is 91.8 Å². The molecule has 0 saturated carbocycles. The van der Waals surface area contributed by atoms with E-state index in [9.17, 15) is 9.83 Å². The average molecular weight is 563 g/mol. The van der Waals surface area contributed by atoms with Crippen LogP contribution in [-0.4, -0.2) is 0 Å². The maximum Gasteiger partial charge on any atom is 0.198 e. The molecule has 5 aromatic carbocycles. The van der Waals surface area contributed by atoms with E-state index in [2.05, 4.69) is 9.69 Å². The van der Waals surface area contributed by atoms with Gasteiger partial charge in [0.15, 0.2) is 18.5 Å². The number of nitrogens with zero attached hydrogens (tertiary/aromatic N) is 4. The third kappa shape index (κ3) is 5.47. The van der Waals surface area contributed by atoms with Crippen LogP contribution in [0.3, 0.4) is 0 Å². The summed E-state index contributed by atoms with van der Waals surface area (Å²) < 4.78 is 26.7. The highest BCUT2D eigenvalue weighted by Crippen LogP contribution is 2.43. The van der Waals surface area contributed by atoms with Crippen LogP contribution in [0.1, 0.15) is 11.1 Å². The Hall–Kier alpha value is -6.11. The van der Waals surface area contributed by atoms with Gasteiger partial charge in [0.2, 0.25) is 0 Å². The first kappa shape index (κ1) is 27.5. The molecule has 1 atom stereocenters. The Morgan fingerprint density at radius 2 is 1.02 bits per heavy atom. The molecule has 0 heterocycles. The van der Waals surface area contributed by atoms with Crippen LogP contribution in [-0.2, 0) is 4.57 Å². The molecule has 0 aliphatic rings. The third-order valence-electron chi connectivity index (χ3n) is 6.41. The molecule has 0 aliphatic heterocycles. The summed E-state index contributed by atoms with van der Waals surface area (Å²) in [5, 5.41) is 20.3. The summed E-state index contributed by atoms with van der Waals surface area (Å²) >= 11 is 0. The van der Waals surface area contributed by atoms with Gasteiger partial charge < -0.3 is 14.0 Å². The van der Waals surface area contributed by atoms with Crippen molar-refractivity contribution >= 4 is 34.4 Å². The lowest BCUT2D eigenvalue weighted by atomic mass is 10.1. The molecule has 0 aromatic heterocycles. The highest BCUT2D eigenvalue weighted by molar-refractivity contribution is 7.85. The van der Waals surface area contributed by atoms with Crippen molar-refractivity contribution in [2.45, 2.75) is 0 Å². The van der Waals surface area contributed by atoms with E-state index >= 15 is 0 Å². The number of ether oxygens (including phenoxy) is 2. The zero-order valence-corrected chi connectivity index (χ0v) is 22.8. The SMILES string of the molecule is [C-]#[N+]c1ccc(Oc2ccc(P(=O)(c3ccccc3)c3ccc(Oc4ccc(C#N)c(C#N)c4)cc3)cc2)cc1[N+]#[C-]. The van der Waals surface area contributed by atoms with Gasteiger partial charge in [-0.1, -0.05) is 36.4 Å². The summed E-state index contributed by atoms with van der Waals surface area (Å²) in [7, 11) is -3.29. The van der Waals surface area contributed by atoms with E-state index in [0.29, 0.717) is 38.9 Å². The molecule has 0 N–H and O–H groups in total. The van der Waals surface area contributed by atoms with E-state index in [1.54, 1.807) is 66.7 Å². The van der Waals surface area contributed by atoms with Crippen molar-refractivity contribution in [1.29, 1.82) is 10.5 Å². The van der Waals surface area contributed by atoms with E-state index in [0.717, 1.165) is 0 Å². The standard InChI is InChI=1S/C34H19N4O3P/c1-37-33-19-14-29(21-34(33)38-2)41-27-12-17-32(18-13-27)42(39,30-6-4-3-5-7-30)31-15-10-26(11-16-31)40-28-9-8-24(22-35)25(20-28)23-36/h3-21H. The van der Waals surface area contributed by atoms with Crippen molar-refractivity contribution in [3.05, 3.63) is 149 Å². The van der Waals surface area contributed by atoms with Gasteiger partial charge in [0.1, 0.15) is 35.1 Å². The monoisotopic (exact) mass is 562 g/mol. The predicted molar refractivity (Wildman–Crippen MR) is 161 cm³/mol. The van der Waals surface area contributed by atoms with Gasteiger partial charge in [0.25, 0.3) is 0 Å². The van der Waals surface area contributed by atoms with Crippen LogP contribution in [0.5, 0.6) is 23.0 Å². The second-order valence-corrected chi connectivity index (χ2v) is 11.7. The molecular formula is C34H19N4O3P. The Kier molecular flexibility index (Phi) is 7.82. The van der Waals surface area contributed by atoms with Crippen LogP contribution < -0.4 is 25.4 Å². The molecule has 0 aliphatic carbocycles. The molecular weight excluding hydrogens is 543 g/mol. The van der Waals surface area contributed by atoms with Gasteiger partial charge >= 0.3 is 0 Å². The first-order chi connectivity index (χ1) is 20.5. The molecule has 5 rings (SSSR count). The quantitative estimate of drug-likeness (QED) is 0.149. The van der Waals surface area contributed by atoms with Crippen LogP contribution in [0, 0.1) is 35.8 Å². The van der Waals surface area contributed by atoms with Crippen molar-refractivity contribution < 1.29 is 14.0 Å². The first-order valence-corrected chi connectivity index (χ1v) is 14.2. The minimum absolute atomic E-state index is 0.213. The van der Waals surface area contributed by atoms with Crippen molar-refractivity contribution in [3.63, 3.8) is 0 Å². The summed E-state index contributed by atoms with van der Waals surface area (Å²) in [6.07, 6.45) is 0. The van der Waals surface area contributed by atoms with Crippen LogP contribution in [0.25, 0.3) is 9.69 Å². The van der Waals surface area contributed by atoms with Gasteiger partial charge in [-0.25, -0.2) is 4.85 Å². The number of hydrogen-bond donors (Lipinski definition) is 0. The van der Waals surface area contributed by atoms with E-state index in [4.69, 9.17) is 27.9 Å². The Bertz CT molecular complexity index is 1870. The Morgan fingerprint density at radius 3 is 1.55 bits per heavy atom. The van der Waals surface area contributed by atoms with Crippen LogP contribution in [0.4, 0.5) is 11.4 Å². The average Bonchev–Trinajstić information content (AvgIpc) is 3.05. The van der Waals surface area contributed by atoms with Gasteiger partial charge in [-0.05, 0) is 78.9 Å². The highest BCUT2D eigenvalue weighted by Gasteiger charge is 2.29. The predicted octanol–water partition coefficient (Wildman–Crippen LogP) is 7.76. The molecule has 1 unspecified atom stereocenters. The maximum atomic E-state index is 14.9. The Labute approximate surface area is 243 Å². The molecule has 0 spiro atoms.